The molecule has 150 valence electrons. The highest BCUT2D eigenvalue weighted by atomic mass is 35.5. The number of nitrogens with zero attached hydrogens (tertiary/aromatic N) is 5. The maximum Gasteiger partial charge on any atom is 0.330 e. The van der Waals surface area contributed by atoms with Gasteiger partial charge in [0.15, 0.2) is 11.6 Å². The van der Waals surface area contributed by atoms with Gasteiger partial charge in [-0.2, -0.15) is 5.10 Å². The molecule has 0 atom stereocenters. The molecule has 0 fully saturated rings. The molecular weight excluding hydrogens is 404 g/mol. The van der Waals surface area contributed by atoms with E-state index in [4.69, 9.17) is 17.3 Å². The number of ether oxygens (including phenoxy) is 1. The van der Waals surface area contributed by atoms with E-state index in [1.54, 1.807) is 23.1 Å². The number of rotatable bonds is 4. The number of esters is 1. The van der Waals surface area contributed by atoms with Crippen LogP contribution in [0.2, 0.25) is 5.02 Å². The van der Waals surface area contributed by atoms with Crippen LogP contribution >= 0.6 is 11.6 Å². The van der Waals surface area contributed by atoms with Crippen molar-refractivity contribution in [2.75, 3.05) is 12.8 Å². The Morgan fingerprint density at radius 3 is 2.83 bits per heavy atom. The molecular formula is C21H17ClN6O2. The standard InChI is InChI=1S/C21H17ClN6O2/c1-12-7-9-28(27-12)21-19(25-16(20(23)26-21)5-6-17(29)30-2)14-10-13-4-3-8-24-18(13)15(22)11-14/h3-11H,1-2H3,(H2,23,26). The molecule has 0 spiro atoms. The summed E-state index contributed by atoms with van der Waals surface area (Å²) < 4.78 is 6.23. The molecule has 0 aliphatic heterocycles. The van der Waals surface area contributed by atoms with Crippen LogP contribution in [-0.4, -0.2) is 37.8 Å². The van der Waals surface area contributed by atoms with Gasteiger partial charge in [-0.05, 0) is 37.3 Å². The molecule has 0 saturated heterocycles. The van der Waals surface area contributed by atoms with Crippen LogP contribution in [0.4, 0.5) is 5.82 Å². The first-order valence-electron chi connectivity index (χ1n) is 8.97. The van der Waals surface area contributed by atoms with Crippen molar-refractivity contribution in [2.24, 2.45) is 0 Å². The molecule has 0 amide bonds. The zero-order valence-electron chi connectivity index (χ0n) is 16.2. The van der Waals surface area contributed by atoms with Gasteiger partial charge in [0.1, 0.15) is 11.4 Å². The Bertz CT molecular complexity index is 1300. The average molecular weight is 421 g/mol. The summed E-state index contributed by atoms with van der Waals surface area (Å²) >= 11 is 6.47. The summed E-state index contributed by atoms with van der Waals surface area (Å²) in [4.78, 5) is 25.0. The second kappa shape index (κ2) is 7.92. The zero-order valence-corrected chi connectivity index (χ0v) is 17.0. The molecule has 9 heteroatoms. The number of anilines is 1. The molecule has 0 unspecified atom stereocenters. The number of hydrogen-bond donors (Lipinski definition) is 1. The molecule has 0 saturated carbocycles. The Labute approximate surface area is 177 Å². The van der Waals surface area contributed by atoms with Gasteiger partial charge in [-0.1, -0.05) is 17.7 Å². The van der Waals surface area contributed by atoms with Crippen molar-refractivity contribution in [1.29, 1.82) is 0 Å². The summed E-state index contributed by atoms with van der Waals surface area (Å²) in [6, 6.07) is 9.29. The summed E-state index contributed by atoms with van der Waals surface area (Å²) in [5.74, 6) is 0.0649. The van der Waals surface area contributed by atoms with Crippen LogP contribution in [0.5, 0.6) is 0 Å². The Morgan fingerprint density at radius 1 is 1.27 bits per heavy atom. The number of fused-ring (bicyclic) bond motifs is 1. The Kier molecular flexibility index (Phi) is 5.16. The van der Waals surface area contributed by atoms with Crippen molar-refractivity contribution in [3.8, 4) is 17.1 Å². The number of aryl methyl sites for hydroxylation is 1. The van der Waals surface area contributed by atoms with Gasteiger partial charge in [-0.3, -0.25) is 4.98 Å². The zero-order chi connectivity index (χ0) is 21.3. The summed E-state index contributed by atoms with van der Waals surface area (Å²) in [7, 11) is 1.29. The second-order valence-electron chi connectivity index (χ2n) is 6.46. The minimum absolute atomic E-state index is 0.149. The second-order valence-corrected chi connectivity index (χ2v) is 6.86. The normalized spacial score (nSPS) is 11.3. The Balaban J connectivity index is 1.96. The van der Waals surface area contributed by atoms with Gasteiger partial charge < -0.3 is 10.5 Å². The molecule has 3 aromatic heterocycles. The van der Waals surface area contributed by atoms with Crippen molar-refractivity contribution < 1.29 is 9.53 Å². The Morgan fingerprint density at radius 2 is 2.10 bits per heavy atom. The monoisotopic (exact) mass is 420 g/mol. The summed E-state index contributed by atoms with van der Waals surface area (Å²) in [5, 5.41) is 5.77. The van der Waals surface area contributed by atoms with E-state index in [2.05, 4.69) is 24.8 Å². The fourth-order valence-corrected chi connectivity index (χ4v) is 3.24. The summed E-state index contributed by atoms with van der Waals surface area (Å²) in [6.45, 7) is 1.87. The molecule has 4 aromatic rings. The molecule has 4 rings (SSSR count). The van der Waals surface area contributed by atoms with Crippen LogP contribution in [0.1, 0.15) is 11.4 Å². The lowest BCUT2D eigenvalue weighted by molar-refractivity contribution is -0.134. The number of hydrogen-bond acceptors (Lipinski definition) is 7. The van der Waals surface area contributed by atoms with Gasteiger partial charge in [0.25, 0.3) is 0 Å². The molecule has 0 bridgehead atoms. The van der Waals surface area contributed by atoms with Crippen molar-refractivity contribution in [2.45, 2.75) is 6.92 Å². The fourth-order valence-electron chi connectivity index (χ4n) is 2.96. The highest BCUT2D eigenvalue weighted by Gasteiger charge is 2.17. The average Bonchev–Trinajstić information content (AvgIpc) is 3.18. The molecule has 3 heterocycles. The number of carbonyl (C=O) groups is 1. The van der Waals surface area contributed by atoms with Crippen molar-refractivity contribution >= 4 is 40.4 Å². The van der Waals surface area contributed by atoms with Crippen LogP contribution in [-0.2, 0) is 9.53 Å². The number of halogens is 1. The first-order chi connectivity index (χ1) is 14.5. The van der Waals surface area contributed by atoms with Gasteiger partial charge in [0.05, 0.1) is 23.3 Å². The molecule has 2 N–H and O–H groups in total. The van der Waals surface area contributed by atoms with Crippen LogP contribution in [0.25, 0.3) is 34.1 Å². The number of carbonyl (C=O) groups excluding carboxylic acids is 1. The number of nitrogen functional groups attached to an aromatic ring is 1. The van der Waals surface area contributed by atoms with Gasteiger partial charge >= 0.3 is 5.97 Å². The van der Waals surface area contributed by atoms with E-state index in [9.17, 15) is 4.79 Å². The maximum absolute atomic E-state index is 11.5. The smallest absolute Gasteiger partial charge is 0.330 e. The third-order valence-electron chi connectivity index (χ3n) is 4.38. The van der Waals surface area contributed by atoms with Crippen LogP contribution in [0.3, 0.4) is 0 Å². The maximum atomic E-state index is 11.5. The van der Waals surface area contributed by atoms with Crippen LogP contribution < -0.4 is 5.73 Å². The molecule has 0 aliphatic carbocycles. The predicted octanol–water partition coefficient (Wildman–Crippen LogP) is 3.61. The summed E-state index contributed by atoms with van der Waals surface area (Å²) in [5.41, 5.74) is 9.15. The fraction of sp³-hybridized carbons (Fsp3) is 0.0952. The van der Waals surface area contributed by atoms with Gasteiger partial charge in [0.2, 0.25) is 0 Å². The van der Waals surface area contributed by atoms with E-state index < -0.39 is 5.97 Å². The third-order valence-corrected chi connectivity index (χ3v) is 4.67. The van der Waals surface area contributed by atoms with Crippen molar-refractivity contribution in [3.63, 3.8) is 0 Å². The van der Waals surface area contributed by atoms with E-state index in [-0.39, 0.29) is 5.82 Å². The Hall–Kier alpha value is -3.78. The van der Waals surface area contributed by atoms with E-state index in [1.165, 1.54) is 19.3 Å². The number of pyridine rings is 1. The first-order valence-corrected chi connectivity index (χ1v) is 9.35. The molecule has 8 nitrogen and oxygen atoms in total. The largest absolute Gasteiger partial charge is 0.466 e. The van der Waals surface area contributed by atoms with E-state index in [1.807, 2.05) is 31.2 Å². The van der Waals surface area contributed by atoms with E-state index in [0.29, 0.717) is 33.3 Å². The predicted molar refractivity (Wildman–Crippen MR) is 115 cm³/mol. The highest BCUT2D eigenvalue weighted by molar-refractivity contribution is 6.35. The van der Waals surface area contributed by atoms with Crippen LogP contribution in [0, 0.1) is 6.92 Å². The van der Waals surface area contributed by atoms with Crippen molar-refractivity contribution in [3.05, 3.63) is 65.2 Å². The van der Waals surface area contributed by atoms with E-state index >= 15 is 0 Å². The topological polar surface area (TPSA) is 109 Å². The number of nitrogens with two attached hydrogens (primary N) is 1. The van der Waals surface area contributed by atoms with Gasteiger partial charge in [-0.25, -0.2) is 19.4 Å². The lowest BCUT2D eigenvalue weighted by Gasteiger charge is -2.12. The number of benzene rings is 1. The summed E-state index contributed by atoms with van der Waals surface area (Å²) in [6.07, 6.45) is 6.15. The van der Waals surface area contributed by atoms with Gasteiger partial charge in [0, 0.05) is 29.4 Å². The minimum atomic E-state index is -0.524. The SMILES string of the molecule is COC(=O)C=Cc1nc(-c2cc(Cl)c3ncccc3c2)c(-n2ccc(C)n2)nc1N. The third kappa shape index (κ3) is 3.72. The van der Waals surface area contributed by atoms with Crippen LogP contribution in [0.15, 0.2) is 48.8 Å². The minimum Gasteiger partial charge on any atom is -0.466 e. The number of aromatic nitrogens is 5. The molecule has 1 aromatic carbocycles. The molecule has 30 heavy (non-hydrogen) atoms. The lowest BCUT2D eigenvalue weighted by Crippen LogP contribution is -2.08. The first kappa shape index (κ1) is 19.5. The lowest BCUT2D eigenvalue weighted by atomic mass is 10.1. The molecule has 0 aliphatic rings. The highest BCUT2D eigenvalue weighted by Crippen LogP contribution is 2.32. The van der Waals surface area contributed by atoms with E-state index in [0.717, 1.165) is 11.1 Å². The molecule has 0 radical (unpaired) electrons. The quantitative estimate of drug-likeness (QED) is 0.396. The number of methoxy groups -OCH3 is 1. The van der Waals surface area contributed by atoms with Crippen molar-refractivity contribution in [1.82, 2.24) is 24.7 Å². The van der Waals surface area contributed by atoms with Gasteiger partial charge in [-0.15, -0.1) is 0 Å².